The first-order valence-corrected chi connectivity index (χ1v) is 8.75. The number of aromatic nitrogens is 1. The van der Waals surface area contributed by atoms with Gasteiger partial charge in [0.1, 0.15) is 0 Å². The molecule has 1 radical (unpaired) electrons. The van der Waals surface area contributed by atoms with Gasteiger partial charge in [-0.1, -0.05) is 6.07 Å². The Bertz CT molecular complexity index is 588. The van der Waals surface area contributed by atoms with Crippen LogP contribution in [0.15, 0.2) is 12.1 Å². The summed E-state index contributed by atoms with van der Waals surface area (Å²) in [5, 5.41) is 3.53. The molecule has 3 aliphatic rings. The monoisotopic (exact) mass is 311 g/mol. The van der Waals surface area contributed by atoms with Gasteiger partial charge in [0.25, 0.3) is 7.41 Å². The van der Waals surface area contributed by atoms with Crippen molar-refractivity contribution < 1.29 is 4.79 Å². The van der Waals surface area contributed by atoms with Gasteiger partial charge in [-0.2, -0.15) is 0 Å². The number of piperidine rings is 1. The molecule has 23 heavy (non-hydrogen) atoms. The van der Waals surface area contributed by atoms with Crippen LogP contribution in [0.1, 0.15) is 48.7 Å². The van der Waals surface area contributed by atoms with Crippen molar-refractivity contribution in [3.8, 4) is 0 Å². The molecule has 1 aromatic rings. The standard InChI is InChI=1S/C17H24BN4O/c1-12-8-19-9-17-14-2-3-15(20-16(14)10-22(12)17)13-4-6-21(7-5-13)18-11-23/h2-3,11-13,17,19H,4-10H2,1H3/t12-,17-/m1/s1. The molecule has 0 unspecified atom stereocenters. The van der Waals surface area contributed by atoms with E-state index in [0.29, 0.717) is 18.0 Å². The minimum Gasteiger partial charge on any atom is -0.340 e. The van der Waals surface area contributed by atoms with Crippen LogP contribution in [0.4, 0.5) is 0 Å². The van der Waals surface area contributed by atoms with Gasteiger partial charge in [-0.05, 0) is 44.5 Å². The van der Waals surface area contributed by atoms with Gasteiger partial charge in [0.05, 0.1) is 11.9 Å². The van der Waals surface area contributed by atoms with Gasteiger partial charge in [0, 0.05) is 43.3 Å². The average molecular weight is 311 g/mol. The van der Waals surface area contributed by atoms with Crippen molar-refractivity contribution in [1.29, 1.82) is 0 Å². The Hall–Kier alpha value is -1.24. The molecule has 0 amide bonds. The molecule has 2 fully saturated rings. The lowest BCUT2D eigenvalue weighted by Gasteiger charge is -2.36. The van der Waals surface area contributed by atoms with Gasteiger partial charge in [-0.3, -0.25) is 9.88 Å². The number of nitrogens with zero attached hydrogens (tertiary/aromatic N) is 3. The number of carbonyl (C=O) groups excluding carboxylic acids is 1. The summed E-state index contributed by atoms with van der Waals surface area (Å²) in [6, 6.07) is 5.63. The Labute approximate surface area is 138 Å². The number of hydrogen-bond donors (Lipinski definition) is 1. The Morgan fingerprint density at radius 3 is 2.91 bits per heavy atom. The molecule has 121 valence electrons. The first-order valence-electron chi connectivity index (χ1n) is 8.75. The Balaban J connectivity index is 1.49. The van der Waals surface area contributed by atoms with Crippen molar-refractivity contribution in [2.24, 2.45) is 0 Å². The average Bonchev–Trinajstić information content (AvgIpc) is 2.95. The van der Waals surface area contributed by atoms with E-state index in [0.717, 1.165) is 51.8 Å². The van der Waals surface area contributed by atoms with Gasteiger partial charge < -0.3 is 14.9 Å². The molecule has 0 aliphatic carbocycles. The zero-order chi connectivity index (χ0) is 15.8. The van der Waals surface area contributed by atoms with E-state index in [1.54, 1.807) is 7.41 Å². The fourth-order valence-corrected chi connectivity index (χ4v) is 4.31. The van der Waals surface area contributed by atoms with Crippen LogP contribution in [0, 0.1) is 0 Å². The zero-order valence-corrected chi connectivity index (χ0v) is 13.7. The number of fused-ring (bicyclic) bond motifs is 3. The van der Waals surface area contributed by atoms with E-state index in [2.05, 4.69) is 34.1 Å². The summed E-state index contributed by atoms with van der Waals surface area (Å²) in [7, 11) is 1.67. The Kier molecular flexibility index (Phi) is 4.22. The smallest absolute Gasteiger partial charge is 0.293 e. The molecular formula is C17H24BN4O. The van der Waals surface area contributed by atoms with E-state index < -0.39 is 0 Å². The number of nitrogens with one attached hydrogen (secondary N) is 1. The molecule has 0 bridgehead atoms. The second kappa shape index (κ2) is 6.34. The number of piperazine rings is 1. The number of rotatable bonds is 3. The first-order chi connectivity index (χ1) is 11.3. The van der Waals surface area contributed by atoms with E-state index in [9.17, 15) is 4.79 Å². The van der Waals surface area contributed by atoms with E-state index in [1.165, 1.54) is 17.0 Å². The lowest BCUT2D eigenvalue weighted by Crippen LogP contribution is -2.48. The maximum atomic E-state index is 10.6. The summed E-state index contributed by atoms with van der Waals surface area (Å²) in [6.07, 6.45) is 3.06. The summed E-state index contributed by atoms with van der Waals surface area (Å²) in [5.41, 5.74) is 3.94. The minimum atomic E-state index is 0.499. The van der Waals surface area contributed by atoms with Crippen LogP contribution in [-0.2, 0) is 11.3 Å². The van der Waals surface area contributed by atoms with E-state index in [-0.39, 0.29) is 0 Å². The van der Waals surface area contributed by atoms with Gasteiger partial charge in [-0.15, -0.1) is 0 Å². The van der Waals surface area contributed by atoms with E-state index in [4.69, 9.17) is 4.98 Å². The predicted molar refractivity (Wildman–Crippen MR) is 90.9 cm³/mol. The second-order valence-electron chi connectivity index (χ2n) is 7.06. The van der Waals surface area contributed by atoms with Crippen molar-refractivity contribution in [3.05, 3.63) is 29.1 Å². The third-order valence-corrected chi connectivity index (χ3v) is 5.69. The van der Waals surface area contributed by atoms with Crippen molar-refractivity contribution in [1.82, 2.24) is 20.0 Å². The quantitative estimate of drug-likeness (QED) is 0.664. The molecule has 0 spiro atoms. The van der Waals surface area contributed by atoms with Crippen LogP contribution in [0.5, 0.6) is 0 Å². The Morgan fingerprint density at radius 1 is 1.30 bits per heavy atom. The fraction of sp³-hybridized carbons (Fsp3) is 0.647. The number of carbonyl (C=O) groups is 1. The SMILES string of the molecule is C[C@@H]1CNC[C@@H]2c3ccc(C4CCN([B]C=O)CC4)nc3CN12. The highest BCUT2D eigenvalue weighted by Gasteiger charge is 2.37. The summed E-state index contributed by atoms with van der Waals surface area (Å²) in [6.45, 7) is 7.32. The third-order valence-electron chi connectivity index (χ3n) is 5.69. The summed E-state index contributed by atoms with van der Waals surface area (Å²) < 4.78 is 0. The molecule has 4 heterocycles. The number of hydrogen-bond acceptors (Lipinski definition) is 5. The van der Waals surface area contributed by atoms with Crippen LogP contribution in [0.25, 0.3) is 0 Å². The summed E-state index contributed by atoms with van der Waals surface area (Å²) in [4.78, 5) is 20.3. The molecular weight excluding hydrogens is 287 g/mol. The highest BCUT2D eigenvalue weighted by atomic mass is 16.1. The maximum Gasteiger partial charge on any atom is 0.293 e. The van der Waals surface area contributed by atoms with Crippen molar-refractivity contribution in [3.63, 3.8) is 0 Å². The first kappa shape index (κ1) is 15.3. The summed E-state index contributed by atoms with van der Waals surface area (Å²) >= 11 is 0. The fourth-order valence-electron chi connectivity index (χ4n) is 4.31. The Morgan fingerprint density at radius 2 is 2.13 bits per heavy atom. The van der Waals surface area contributed by atoms with Crippen LogP contribution >= 0.6 is 0 Å². The summed E-state index contributed by atoms with van der Waals surface area (Å²) in [5.74, 6) is 0.532. The molecule has 0 saturated carbocycles. The second-order valence-corrected chi connectivity index (χ2v) is 7.06. The molecule has 3 aliphatic heterocycles. The topological polar surface area (TPSA) is 48.5 Å². The molecule has 1 aromatic heterocycles. The lowest BCUT2D eigenvalue weighted by atomic mass is 9.85. The van der Waals surface area contributed by atoms with Gasteiger partial charge in [0.15, 0.2) is 0 Å². The van der Waals surface area contributed by atoms with Crippen molar-refractivity contribution in [2.45, 2.75) is 44.3 Å². The van der Waals surface area contributed by atoms with Crippen LogP contribution in [0.3, 0.4) is 0 Å². The van der Waals surface area contributed by atoms with Gasteiger partial charge >= 0.3 is 0 Å². The van der Waals surface area contributed by atoms with Crippen LogP contribution in [0.2, 0.25) is 0 Å². The highest BCUT2D eigenvalue weighted by molar-refractivity contribution is 6.64. The molecule has 0 aromatic carbocycles. The number of pyridine rings is 1. The van der Waals surface area contributed by atoms with E-state index in [1.807, 2.05) is 0 Å². The maximum absolute atomic E-state index is 10.6. The molecule has 5 nitrogen and oxygen atoms in total. The molecule has 2 saturated heterocycles. The molecule has 4 rings (SSSR count). The van der Waals surface area contributed by atoms with E-state index >= 15 is 0 Å². The predicted octanol–water partition coefficient (Wildman–Crippen LogP) is 0.919. The zero-order valence-electron chi connectivity index (χ0n) is 13.7. The van der Waals surface area contributed by atoms with Crippen molar-refractivity contribution >= 4 is 13.6 Å². The van der Waals surface area contributed by atoms with Gasteiger partial charge in [0.2, 0.25) is 0 Å². The molecule has 2 atom stereocenters. The van der Waals surface area contributed by atoms with Crippen LogP contribution < -0.4 is 5.32 Å². The normalized spacial score (nSPS) is 29.1. The largest absolute Gasteiger partial charge is 0.340 e. The lowest BCUT2D eigenvalue weighted by molar-refractivity contribution is 0.118. The van der Waals surface area contributed by atoms with Crippen LogP contribution in [-0.4, -0.2) is 60.5 Å². The molecule has 1 N–H and O–H groups in total. The third kappa shape index (κ3) is 2.84. The van der Waals surface area contributed by atoms with Crippen molar-refractivity contribution in [2.75, 3.05) is 26.2 Å². The van der Waals surface area contributed by atoms with Gasteiger partial charge in [-0.25, -0.2) is 0 Å². The highest BCUT2D eigenvalue weighted by Crippen LogP contribution is 2.37. The minimum absolute atomic E-state index is 0.499. The molecule has 6 heteroatoms.